The summed E-state index contributed by atoms with van der Waals surface area (Å²) in [7, 11) is 1.77. The molecule has 4 atom stereocenters. The molecular weight excluding hydrogens is 378 g/mol. The van der Waals surface area contributed by atoms with Crippen molar-refractivity contribution in [1.29, 1.82) is 0 Å². The molecule has 1 saturated carbocycles. The van der Waals surface area contributed by atoms with Crippen molar-refractivity contribution in [2.45, 2.75) is 37.8 Å². The number of amides is 1. The van der Waals surface area contributed by atoms with Gasteiger partial charge in [-0.2, -0.15) is 0 Å². The lowest BCUT2D eigenvalue weighted by atomic mass is 9.77. The summed E-state index contributed by atoms with van der Waals surface area (Å²) >= 11 is 0. The average Bonchev–Trinajstić information content (AvgIpc) is 3.20. The van der Waals surface area contributed by atoms with Gasteiger partial charge in [-0.25, -0.2) is 4.98 Å². The first-order chi connectivity index (χ1) is 14.7. The van der Waals surface area contributed by atoms with Crippen LogP contribution in [0.5, 0.6) is 0 Å². The van der Waals surface area contributed by atoms with E-state index in [9.17, 15) is 4.79 Å². The second-order valence-corrected chi connectivity index (χ2v) is 8.42. The number of nitrogens with one attached hydrogen (secondary N) is 1. The van der Waals surface area contributed by atoms with Crippen molar-refractivity contribution < 1.29 is 9.53 Å². The molecule has 0 radical (unpaired) electrons. The van der Waals surface area contributed by atoms with Crippen LogP contribution >= 0.6 is 0 Å². The highest BCUT2D eigenvalue weighted by Gasteiger charge is 2.43. The van der Waals surface area contributed by atoms with Crippen LogP contribution in [0.15, 0.2) is 42.9 Å². The summed E-state index contributed by atoms with van der Waals surface area (Å²) in [6.45, 7) is 2.21. The molecule has 4 rings (SSSR count). The van der Waals surface area contributed by atoms with Gasteiger partial charge in [-0.05, 0) is 67.8 Å². The van der Waals surface area contributed by atoms with Crippen LogP contribution in [-0.2, 0) is 11.2 Å². The standard InChI is InChI=1S/C23H31N5O2/c1-30-21-11-19-15-28(23(29)17-9-16(5-4-7-24)12-25-13-17)14-18(19)10-20(21)27-22-6-2-3-8-26-22/h2-3,6,8-9,12-13,18-21H,4-5,7,10-11,14-15,24H2,1H3,(H,26,27)/t18-,19+,20-,21-/m1/s1. The number of fused-ring (bicyclic) bond motifs is 1. The number of nitrogens with two attached hydrogens (primary N) is 1. The number of nitrogens with zero attached hydrogens (tertiary/aromatic N) is 3. The fourth-order valence-corrected chi connectivity index (χ4v) is 4.86. The minimum atomic E-state index is 0.0784. The van der Waals surface area contributed by atoms with Crippen molar-refractivity contribution in [2.75, 3.05) is 32.1 Å². The molecule has 2 aromatic rings. The number of carbonyl (C=O) groups is 1. The second kappa shape index (κ2) is 9.53. The number of aromatic nitrogens is 2. The lowest BCUT2D eigenvalue weighted by molar-refractivity contribution is 0.0304. The van der Waals surface area contributed by atoms with Gasteiger partial charge in [0.15, 0.2) is 0 Å². The van der Waals surface area contributed by atoms with E-state index >= 15 is 0 Å². The summed E-state index contributed by atoms with van der Waals surface area (Å²) in [6, 6.07) is 8.04. The van der Waals surface area contributed by atoms with Gasteiger partial charge in [0.05, 0.1) is 17.7 Å². The Kier molecular flexibility index (Phi) is 6.59. The molecule has 30 heavy (non-hydrogen) atoms. The van der Waals surface area contributed by atoms with Gasteiger partial charge in [-0.1, -0.05) is 6.07 Å². The number of aryl methyl sites for hydroxylation is 1. The maximum absolute atomic E-state index is 13.1. The number of carbonyl (C=O) groups excluding carboxylic acids is 1. The van der Waals surface area contributed by atoms with Crippen molar-refractivity contribution in [2.24, 2.45) is 17.6 Å². The van der Waals surface area contributed by atoms with Crippen molar-refractivity contribution in [3.8, 4) is 0 Å². The molecule has 3 N–H and O–H groups in total. The number of methoxy groups -OCH3 is 1. The third-order valence-electron chi connectivity index (χ3n) is 6.42. The molecule has 2 fully saturated rings. The predicted molar refractivity (Wildman–Crippen MR) is 116 cm³/mol. The molecule has 2 aliphatic rings. The van der Waals surface area contributed by atoms with E-state index < -0.39 is 0 Å². The zero-order valence-electron chi connectivity index (χ0n) is 17.5. The van der Waals surface area contributed by atoms with E-state index in [1.54, 1.807) is 19.5 Å². The molecule has 0 bridgehead atoms. The Balaban J connectivity index is 1.42. The highest BCUT2D eigenvalue weighted by atomic mass is 16.5. The summed E-state index contributed by atoms with van der Waals surface area (Å²) in [5.41, 5.74) is 7.36. The Morgan fingerprint density at radius 3 is 2.83 bits per heavy atom. The van der Waals surface area contributed by atoms with E-state index in [-0.39, 0.29) is 18.1 Å². The summed E-state index contributed by atoms with van der Waals surface area (Å²) in [5.74, 6) is 1.88. The molecule has 7 nitrogen and oxygen atoms in total. The lowest BCUT2D eigenvalue weighted by Crippen LogP contribution is -2.44. The zero-order chi connectivity index (χ0) is 20.9. The maximum atomic E-state index is 13.1. The lowest BCUT2D eigenvalue weighted by Gasteiger charge is -2.37. The topological polar surface area (TPSA) is 93.4 Å². The van der Waals surface area contributed by atoms with Gasteiger partial charge in [-0.15, -0.1) is 0 Å². The molecule has 7 heteroatoms. The first kappa shape index (κ1) is 20.8. The molecule has 1 aliphatic carbocycles. The zero-order valence-corrected chi connectivity index (χ0v) is 17.5. The largest absolute Gasteiger partial charge is 0.379 e. The van der Waals surface area contributed by atoms with Crippen molar-refractivity contribution >= 4 is 11.7 Å². The molecular formula is C23H31N5O2. The Labute approximate surface area is 178 Å². The molecule has 1 amide bonds. The van der Waals surface area contributed by atoms with E-state index in [1.165, 1.54) is 0 Å². The van der Waals surface area contributed by atoms with Crippen LogP contribution < -0.4 is 11.1 Å². The molecule has 0 spiro atoms. The number of anilines is 1. The van der Waals surface area contributed by atoms with Crippen LogP contribution in [0.3, 0.4) is 0 Å². The third kappa shape index (κ3) is 4.63. The molecule has 1 saturated heterocycles. The minimum Gasteiger partial charge on any atom is -0.379 e. The van der Waals surface area contributed by atoms with Crippen molar-refractivity contribution in [1.82, 2.24) is 14.9 Å². The summed E-state index contributed by atoms with van der Waals surface area (Å²) < 4.78 is 5.80. The van der Waals surface area contributed by atoms with E-state index in [4.69, 9.17) is 10.5 Å². The van der Waals surface area contributed by atoms with Gasteiger partial charge < -0.3 is 20.7 Å². The van der Waals surface area contributed by atoms with Crippen LogP contribution in [0, 0.1) is 11.8 Å². The number of rotatable bonds is 7. The number of pyridine rings is 2. The number of hydrogen-bond donors (Lipinski definition) is 2. The van der Waals surface area contributed by atoms with Crippen LogP contribution in [0.4, 0.5) is 5.82 Å². The van der Waals surface area contributed by atoms with Gasteiger partial charge in [0, 0.05) is 38.8 Å². The highest BCUT2D eigenvalue weighted by Crippen LogP contribution is 2.38. The predicted octanol–water partition coefficient (Wildman–Crippen LogP) is 2.35. The quantitative estimate of drug-likeness (QED) is 0.729. The highest BCUT2D eigenvalue weighted by molar-refractivity contribution is 5.94. The number of ether oxygens (including phenoxy) is 1. The Morgan fingerprint density at radius 1 is 1.27 bits per heavy atom. The van der Waals surface area contributed by atoms with Gasteiger partial charge >= 0.3 is 0 Å². The average molecular weight is 410 g/mol. The fourth-order valence-electron chi connectivity index (χ4n) is 4.86. The van der Waals surface area contributed by atoms with E-state index in [0.717, 1.165) is 50.2 Å². The van der Waals surface area contributed by atoms with Gasteiger partial charge in [-0.3, -0.25) is 9.78 Å². The van der Waals surface area contributed by atoms with Crippen LogP contribution in [0.2, 0.25) is 0 Å². The van der Waals surface area contributed by atoms with Crippen LogP contribution in [0.25, 0.3) is 0 Å². The summed E-state index contributed by atoms with van der Waals surface area (Å²) in [4.78, 5) is 23.8. The SMILES string of the molecule is CO[C@@H]1C[C@H]2CN(C(=O)c3cncc(CCCN)c3)C[C@H]2C[C@H]1Nc1ccccn1. The van der Waals surface area contributed by atoms with Crippen molar-refractivity contribution in [3.63, 3.8) is 0 Å². The Hall–Kier alpha value is -2.51. The summed E-state index contributed by atoms with van der Waals surface area (Å²) in [6.07, 6.45) is 9.09. The monoisotopic (exact) mass is 409 g/mol. The van der Waals surface area contributed by atoms with Crippen molar-refractivity contribution in [3.05, 3.63) is 54.0 Å². The maximum Gasteiger partial charge on any atom is 0.255 e. The fraction of sp³-hybridized carbons (Fsp3) is 0.522. The molecule has 2 aromatic heterocycles. The summed E-state index contributed by atoms with van der Waals surface area (Å²) in [5, 5.41) is 3.54. The first-order valence-corrected chi connectivity index (χ1v) is 10.8. The van der Waals surface area contributed by atoms with Gasteiger partial charge in [0.25, 0.3) is 5.91 Å². The smallest absolute Gasteiger partial charge is 0.255 e. The molecule has 0 aromatic carbocycles. The van der Waals surface area contributed by atoms with E-state index in [0.29, 0.717) is 23.9 Å². The number of likely N-dealkylation sites (tertiary alicyclic amines) is 1. The number of hydrogen-bond acceptors (Lipinski definition) is 6. The third-order valence-corrected chi connectivity index (χ3v) is 6.42. The minimum absolute atomic E-state index is 0.0784. The van der Waals surface area contributed by atoms with Gasteiger partial charge in [0.2, 0.25) is 0 Å². The molecule has 160 valence electrons. The van der Waals surface area contributed by atoms with E-state index in [2.05, 4.69) is 15.3 Å². The molecule has 0 unspecified atom stereocenters. The van der Waals surface area contributed by atoms with Crippen LogP contribution in [0.1, 0.15) is 35.2 Å². The molecule has 1 aliphatic heterocycles. The van der Waals surface area contributed by atoms with Gasteiger partial charge in [0.1, 0.15) is 5.82 Å². The molecule has 3 heterocycles. The van der Waals surface area contributed by atoms with E-state index in [1.807, 2.05) is 35.4 Å². The Morgan fingerprint density at radius 2 is 2.10 bits per heavy atom. The normalized spacial score (nSPS) is 25.7. The second-order valence-electron chi connectivity index (χ2n) is 8.42. The van der Waals surface area contributed by atoms with Crippen LogP contribution in [-0.4, -0.2) is 59.7 Å². The Bertz CT molecular complexity index is 846. The first-order valence-electron chi connectivity index (χ1n) is 10.8.